The van der Waals surface area contributed by atoms with Gasteiger partial charge in [-0.3, -0.25) is 4.79 Å². The van der Waals surface area contributed by atoms with E-state index < -0.39 is 0 Å². The van der Waals surface area contributed by atoms with Crippen LogP contribution in [0.25, 0.3) is 22.2 Å². The SMILES string of the molecule is O=C(Nc1cccc2ccccc12)c1ccc(OCc2nc(-c3ccco3)cs2)cc1. The number of thiazole rings is 1. The maximum atomic E-state index is 12.7. The molecule has 0 radical (unpaired) electrons. The fourth-order valence-electron chi connectivity index (χ4n) is 3.29. The second-order valence-electron chi connectivity index (χ2n) is 6.90. The van der Waals surface area contributed by atoms with Gasteiger partial charge in [-0.15, -0.1) is 11.3 Å². The zero-order valence-corrected chi connectivity index (χ0v) is 17.3. The summed E-state index contributed by atoms with van der Waals surface area (Å²) < 4.78 is 11.2. The number of fused-ring (bicyclic) bond motifs is 1. The highest BCUT2D eigenvalue weighted by atomic mass is 32.1. The van der Waals surface area contributed by atoms with E-state index in [1.54, 1.807) is 30.5 Å². The highest BCUT2D eigenvalue weighted by Gasteiger charge is 2.10. The van der Waals surface area contributed by atoms with Gasteiger partial charge in [-0.05, 0) is 47.9 Å². The Morgan fingerprint density at radius 1 is 0.968 bits per heavy atom. The lowest BCUT2D eigenvalue weighted by atomic mass is 10.1. The molecule has 0 saturated carbocycles. The van der Waals surface area contributed by atoms with E-state index >= 15 is 0 Å². The molecular weight excluding hydrogens is 408 g/mol. The van der Waals surface area contributed by atoms with Gasteiger partial charge in [0.05, 0.1) is 6.26 Å². The third-order valence-corrected chi connectivity index (χ3v) is 5.66. The molecule has 5 nitrogen and oxygen atoms in total. The average molecular weight is 426 g/mol. The van der Waals surface area contributed by atoms with E-state index in [2.05, 4.69) is 10.3 Å². The smallest absolute Gasteiger partial charge is 0.255 e. The minimum absolute atomic E-state index is 0.161. The normalized spacial score (nSPS) is 10.8. The summed E-state index contributed by atoms with van der Waals surface area (Å²) in [6.45, 7) is 0.354. The summed E-state index contributed by atoms with van der Waals surface area (Å²) in [6.07, 6.45) is 1.63. The lowest BCUT2D eigenvalue weighted by Crippen LogP contribution is -2.12. The Morgan fingerprint density at radius 2 is 1.81 bits per heavy atom. The van der Waals surface area contributed by atoms with Crippen molar-refractivity contribution < 1.29 is 13.9 Å². The Bertz CT molecular complexity index is 1320. The standard InChI is InChI=1S/C25H18N2O3S/c28-25(27-21-8-3-6-17-5-1-2-7-20(17)21)18-10-12-19(13-11-18)30-15-24-26-22(16-31-24)23-9-4-14-29-23/h1-14,16H,15H2,(H,27,28). The lowest BCUT2D eigenvalue weighted by Gasteiger charge is -2.09. The first kappa shape index (κ1) is 19.1. The number of aromatic nitrogens is 1. The van der Waals surface area contributed by atoms with E-state index in [0.29, 0.717) is 17.9 Å². The molecule has 0 atom stereocenters. The first-order valence-corrected chi connectivity index (χ1v) is 10.6. The molecule has 0 aliphatic rings. The number of furan rings is 1. The number of hydrogen-bond donors (Lipinski definition) is 1. The van der Waals surface area contributed by atoms with Crippen LogP contribution in [0.2, 0.25) is 0 Å². The quantitative estimate of drug-likeness (QED) is 0.342. The minimum Gasteiger partial charge on any atom is -0.486 e. The number of hydrogen-bond acceptors (Lipinski definition) is 5. The van der Waals surface area contributed by atoms with E-state index in [9.17, 15) is 4.79 Å². The molecule has 3 aromatic carbocycles. The fraction of sp³-hybridized carbons (Fsp3) is 0.0400. The van der Waals surface area contributed by atoms with Gasteiger partial charge in [-0.2, -0.15) is 0 Å². The molecular formula is C25H18N2O3S. The van der Waals surface area contributed by atoms with Crippen molar-refractivity contribution in [3.8, 4) is 17.2 Å². The molecule has 0 fully saturated rings. The predicted molar refractivity (Wildman–Crippen MR) is 122 cm³/mol. The van der Waals surface area contributed by atoms with Gasteiger partial charge in [0.1, 0.15) is 23.1 Å². The Labute approximate surface area is 182 Å². The minimum atomic E-state index is -0.161. The van der Waals surface area contributed by atoms with E-state index in [1.165, 1.54) is 11.3 Å². The van der Waals surface area contributed by atoms with Crippen molar-refractivity contribution in [2.75, 3.05) is 5.32 Å². The number of nitrogens with zero attached hydrogens (tertiary/aromatic N) is 1. The maximum Gasteiger partial charge on any atom is 0.255 e. The molecule has 0 spiro atoms. The van der Waals surface area contributed by atoms with Crippen LogP contribution >= 0.6 is 11.3 Å². The van der Waals surface area contributed by atoms with Crippen molar-refractivity contribution in [3.05, 3.63) is 101 Å². The van der Waals surface area contributed by atoms with Gasteiger partial charge >= 0.3 is 0 Å². The zero-order chi connectivity index (χ0) is 21.0. The van der Waals surface area contributed by atoms with E-state index in [4.69, 9.17) is 9.15 Å². The first-order valence-electron chi connectivity index (χ1n) is 9.76. The number of rotatable bonds is 6. The molecule has 5 aromatic rings. The Hall–Kier alpha value is -3.90. The summed E-state index contributed by atoms with van der Waals surface area (Å²) in [5.74, 6) is 1.26. The Balaban J connectivity index is 1.23. The highest BCUT2D eigenvalue weighted by molar-refractivity contribution is 7.09. The molecule has 1 amide bonds. The van der Waals surface area contributed by atoms with E-state index in [0.717, 1.165) is 32.9 Å². The molecule has 0 bridgehead atoms. The van der Waals surface area contributed by atoms with Crippen LogP contribution in [0.4, 0.5) is 5.69 Å². The van der Waals surface area contributed by atoms with Crippen LogP contribution < -0.4 is 10.1 Å². The molecule has 1 N–H and O–H groups in total. The summed E-state index contributed by atoms with van der Waals surface area (Å²) in [7, 11) is 0. The molecule has 2 heterocycles. The summed E-state index contributed by atoms with van der Waals surface area (Å²) in [5, 5.41) is 7.89. The topological polar surface area (TPSA) is 64.4 Å². The van der Waals surface area contributed by atoms with Crippen LogP contribution in [0.15, 0.2) is 94.9 Å². The van der Waals surface area contributed by atoms with Gasteiger partial charge in [0.2, 0.25) is 0 Å². The van der Waals surface area contributed by atoms with Crippen molar-refractivity contribution in [3.63, 3.8) is 0 Å². The van der Waals surface area contributed by atoms with Crippen LogP contribution in [-0.4, -0.2) is 10.9 Å². The van der Waals surface area contributed by atoms with Crippen molar-refractivity contribution in [1.29, 1.82) is 0 Å². The van der Waals surface area contributed by atoms with Crippen molar-refractivity contribution in [2.24, 2.45) is 0 Å². The molecule has 2 aromatic heterocycles. The summed E-state index contributed by atoms with van der Waals surface area (Å²) in [6, 6.07) is 24.6. The maximum absolute atomic E-state index is 12.7. The van der Waals surface area contributed by atoms with Crippen LogP contribution in [0.1, 0.15) is 15.4 Å². The van der Waals surface area contributed by atoms with Crippen molar-refractivity contribution in [2.45, 2.75) is 6.61 Å². The molecule has 5 rings (SSSR count). The van der Waals surface area contributed by atoms with Gasteiger partial charge in [-0.25, -0.2) is 4.98 Å². The van der Waals surface area contributed by atoms with Gasteiger partial charge in [0.25, 0.3) is 5.91 Å². The third-order valence-electron chi connectivity index (χ3n) is 4.84. The molecule has 0 unspecified atom stereocenters. The van der Waals surface area contributed by atoms with Crippen LogP contribution in [0, 0.1) is 0 Å². The molecule has 6 heteroatoms. The average Bonchev–Trinajstić information content (AvgIpc) is 3.50. The number of nitrogens with one attached hydrogen (secondary N) is 1. The molecule has 0 aliphatic heterocycles. The third kappa shape index (κ3) is 4.20. The highest BCUT2D eigenvalue weighted by Crippen LogP contribution is 2.25. The Kier molecular flexibility index (Phi) is 5.21. The largest absolute Gasteiger partial charge is 0.486 e. The summed E-state index contributed by atoms with van der Waals surface area (Å²) in [5.41, 5.74) is 2.16. The number of anilines is 1. The van der Waals surface area contributed by atoms with Gasteiger partial charge in [0.15, 0.2) is 5.76 Å². The number of amides is 1. The van der Waals surface area contributed by atoms with Crippen LogP contribution in [-0.2, 0) is 6.61 Å². The second kappa shape index (κ2) is 8.45. The van der Waals surface area contributed by atoms with Crippen molar-refractivity contribution >= 4 is 33.7 Å². The van der Waals surface area contributed by atoms with Gasteiger partial charge in [0, 0.05) is 22.0 Å². The lowest BCUT2D eigenvalue weighted by molar-refractivity contribution is 0.102. The van der Waals surface area contributed by atoms with Gasteiger partial charge in [-0.1, -0.05) is 36.4 Å². The van der Waals surface area contributed by atoms with Crippen LogP contribution in [0.5, 0.6) is 5.75 Å². The Morgan fingerprint density at radius 3 is 2.65 bits per heavy atom. The number of carbonyl (C=O) groups is 1. The van der Waals surface area contributed by atoms with Crippen LogP contribution in [0.3, 0.4) is 0 Å². The monoisotopic (exact) mass is 426 g/mol. The molecule has 31 heavy (non-hydrogen) atoms. The fourth-order valence-corrected chi connectivity index (χ4v) is 3.99. The number of carbonyl (C=O) groups excluding carboxylic acids is 1. The molecule has 0 aliphatic carbocycles. The summed E-state index contributed by atoms with van der Waals surface area (Å²) in [4.78, 5) is 17.2. The van der Waals surface area contributed by atoms with E-state index in [-0.39, 0.29) is 5.91 Å². The van der Waals surface area contributed by atoms with Crippen molar-refractivity contribution in [1.82, 2.24) is 4.98 Å². The molecule has 0 saturated heterocycles. The molecule has 152 valence electrons. The van der Waals surface area contributed by atoms with Gasteiger partial charge < -0.3 is 14.5 Å². The second-order valence-corrected chi connectivity index (χ2v) is 7.84. The van der Waals surface area contributed by atoms with E-state index in [1.807, 2.05) is 60.0 Å². The first-order chi connectivity index (χ1) is 15.3. The zero-order valence-electron chi connectivity index (χ0n) is 16.4. The number of benzene rings is 3. The predicted octanol–water partition coefficient (Wildman–Crippen LogP) is 6.39. The number of ether oxygens (including phenoxy) is 1. The summed E-state index contributed by atoms with van der Waals surface area (Å²) >= 11 is 1.52.